The molecule has 0 aromatic heterocycles. The fraction of sp³-hybridized carbons (Fsp3) is 0.242. The van der Waals surface area contributed by atoms with Crippen LogP contribution in [0.15, 0.2) is 102 Å². The van der Waals surface area contributed by atoms with Gasteiger partial charge in [0.05, 0.1) is 18.8 Å². The van der Waals surface area contributed by atoms with Gasteiger partial charge in [0.15, 0.2) is 6.29 Å². The first kappa shape index (κ1) is 28.1. The first-order chi connectivity index (χ1) is 19.5. The Morgan fingerprint density at radius 1 is 0.925 bits per heavy atom. The van der Waals surface area contributed by atoms with E-state index in [-0.39, 0.29) is 24.7 Å². The summed E-state index contributed by atoms with van der Waals surface area (Å²) in [6.45, 7) is 2.00. The average Bonchev–Trinajstić information content (AvgIpc) is 3.00. The van der Waals surface area contributed by atoms with Crippen LogP contribution in [0.25, 0.3) is 11.1 Å². The van der Waals surface area contributed by atoms with Crippen LogP contribution < -0.4 is 11.1 Å². The van der Waals surface area contributed by atoms with Gasteiger partial charge in [-0.3, -0.25) is 4.79 Å². The number of hydrogen-bond donors (Lipinski definition) is 3. The molecule has 0 saturated carbocycles. The van der Waals surface area contributed by atoms with E-state index in [2.05, 4.69) is 41.7 Å². The highest BCUT2D eigenvalue weighted by Gasteiger charge is 2.32. The Morgan fingerprint density at radius 3 is 2.30 bits per heavy atom. The summed E-state index contributed by atoms with van der Waals surface area (Å²) in [5.74, 6) is 0.670. The largest absolute Gasteiger partial charge is 0.392 e. The standard InChI is InChI=1S/C33H34N2O4S/c1-22(37)35-28-14-16-30(17-15-28)40-21-29-18-32(25-8-6-23(20-36)7-9-25)39-33(38-29)26-12-10-24(11-13-26)31-5-3-2-4-27(31)19-34/h2-17,29,32-33,36H,18-21,34H2,1H3,(H,35,37)/t29-,32+,33+/m0/s1. The predicted molar refractivity (Wildman–Crippen MR) is 160 cm³/mol. The van der Waals surface area contributed by atoms with Crippen molar-refractivity contribution in [2.24, 2.45) is 5.73 Å². The highest BCUT2D eigenvalue weighted by molar-refractivity contribution is 7.99. The van der Waals surface area contributed by atoms with Gasteiger partial charge in [-0.05, 0) is 52.1 Å². The van der Waals surface area contributed by atoms with E-state index in [1.165, 1.54) is 6.92 Å². The van der Waals surface area contributed by atoms with Crippen molar-refractivity contribution in [2.45, 2.75) is 49.9 Å². The number of anilines is 1. The highest BCUT2D eigenvalue weighted by atomic mass is 32.2. The maximum Gasteiger partial charge on any atom is 0.221 e. The zero-order valence-electron chi connectivity index (χ0n) is 22.5. The van der Waals surface area contributed by atoms with E-state index in [4.69, 9.17) is 15.2 Å². The van der Waals surface area contributed by atoms with Gasteiger partial charge in [-0.15, -0.1) is 11.8 Å². The summed E-state index contributed by atoms with van der Waals surface area (Å²) in [7, 11) is 0. The first-order valence-corrected chi connectivity index (χ1v) is 14.4. The van der Waals surface area contributed by atoms with Crippen LogP contribution >= 0.6 is 11.8 Å². The van der Waals surface area contributed by atoms with E-state index in [0.717, 1.165) is 49.7 Å². The van der Waals surface area contributed by atoms with Gasteiger partial charge in [0.2, 0.25) is 5.91 Å². The lowest BCUT2D eigenvalue weighted by Gasteiger charge is -2.36. The smallest absolute Gasteiger partial charge is 0.221 e. The summed E-state index contributed by atoms with van der Waals surface area (Å²) in [5.41, 5.74) is 13.0. The number of amides is 1. The second-order valence-corrected chi connectivity index (χ2v) is 10.9. The van der Waals surface area contributed by atoms with Crippen molar-refractivity contribution in [3.05, 3.63) is 119 Å². The second kappa shape index (κ2) is 13.3. The lowest BCUT2D eigenvalue weighted by atomic mass is 9.98. The first-order valence-electron chi connectivity index (χ1n) is 13.4. The van der Waals surface area contributed by atoms with Gasteiger partial charge in [-0.25, -0.2) is 0 Å². The van der Waals surface area contributed by atoms with Gasteiger partial charge in [-0.2, -0.15) is 0 Å². The summed E-state index contributed by atoms with van der Waals surface area (Å²) in [5, 5.41) is 12.3. The summed E-state index contributed by atoms with van der Waals surface area (Å²) in [6, 6.07) is 32.3. The van der Waals surface area contributed by atoms with Crippen molar-refractivity contribution in [2.75, 3.05) is 11.1 Å². The number of rotatable bonds is 9. The predicted octanol–water partition coefficient (Wildman–Crippen LogP) is 6.60. The summed E-state index contributed by atoms with van der Waals surface area (Å²) >= 11 is 1.72. The normalized spacial score (nSPS) is 18.8. The van der Waals surface area contributed by atoms with E-state index in [1.54, 1.807) is 11.8 Å². The van der Waals surface area contributed by atoms with Crippen LogP contribution in [-0.2, 0) is 27.4 Å². The number of carbonyl (C=O) groups excluding carboxylic acids is 1. The summed E-state index contributed by atoms with van der Waals surface area (Å²) in [6.07, 6.45) is 0.0205. The molecule has 6 nitrogen and oxygen atoms in total. The number of ether oxygens (including phenoxy) is 2. The van der Waals surface area contributed by atoms with E-state index in [9.17, 15) is 9.90 Å². The number of nitrogens with one attached hydrogen (secondary N) is 1. The lowest BCUT2D eigenvalue weighted by Crippen LogP contribution is -2.31. The topological polar surface area (TPSA) is 93.8 Å². The monoisotopic (exact) mass is 554 g/mol. The number of aliphatic hydroxyl groups is 1. The van der Waals surface area contributed by atoms with Gasteiger partial charge < -0.3 is 25.6 Å². The molecule has 7 heteroatoms. The van der Waals surface area contributed by atoms with E-state index >= 15 is 0 Å². The molecule has 1 amide bonds. The maximum atomic E-state index is 11.3. The molecule has 40 heavy (non-hydrogen) atoms. The third-order valence-electron chi connectivity index (χ3n) is 6.96. The van der Waals surface area contributed by atoms with E-state index < -0.39 is 6.29 Å². The molecule has 5 rings (SSSR count). The SMILES string of the molecule is CC(=O)Nc1ccc(SC[C@@H]2C[C@H](c3ccc(CO)cc3)O[C@H](c3ccc(-c4ccccc4CN)cc3)O2)cc1. The minimum Gasteiger partial charge on any atom is -0.392 e. The molecule has 1 fully saturated rings. The van der Waals surface area contributed by atoms with Crippen molar-refractivity contribution in [1.82, 2.24) is 0 Å². The molecule has 1 aliphatic heterocycles. The second-order valence-electron chi connectivity index (χ2n) is 9.85. The molecule has 1 aliphatic rings. The van der Waals surface area contributed by atoms with Crippen LogP contribution in [0.4, 0.5) is 5.69 Å². The number of aliphatic hydroxyl groups excluding tert-OH is 1. The van der Waals surface area contributed by atoms with Gasteiger partial charge in [0, 0.05) is 41.8 Å². The minimum absolute atomic E-state index is 0.0111. The molecular formula is C33H34N2O4S. The Morgan fingerprint density at radius 2 is 1.62 bits per heavy atom. The Kier molecular flexibility index (Phi) is 9.31. The van der Waals surface area contributed by atoms with Crippen molar-refractivity contribution in [3.63, 3.8) is 0 Å². The number of thioether (sulfide) groups is 1. The van der Waals surface area contributed by atoms with Gasteiger partial charge in [0.25, 0.3) is 0 Å². The van der Waals surface area contributed by atoms with Gasteiger partial charge in [0.1, 0.15) is 0 Å². The van der Waals surface area contributed by atoms with E-state index in [0.29, 0.717) is 13.0 Å². The number of carbonyl (C=O) groups is 1. The lowest BCUT2D eigenvalue weighted by molar-refractivity contribution is -0.245. The van der Waals surface area contributed by atoms with Crippen LogP contribution in [0.5, 0.6) is 0 Å². The third-order valence-corrected chi connectivity index (χ3v) is 8.10. The quantitative estimate of drug-likeness (QED) is 0.202. The molecule has 206 valence electrons. The average molecular weight is 555 g/mol. The third kappa shape index (κ3) is 6.99. The number of nitrogens with two attached hydrogens (primary N) is 1. The molecular weight excluding hydrogens is 520 g/mol. The maximum absolute atomic E-state index is 11.3. The molecule has 3 atom stereocenters. The van der Waals surface area contributed by atoms with Crippen LogP contribution in [0, 0.1) is 0 Å². The fourth-order valence-electron chi connectivity index (χ4n) is 4.85. The number of benzene rings is 4. The molecule has 4 aromatic carbocycles. The minimum atomic E-state index is -0.511. The molecule has 1 heterocycles. The molecule has 0 spiro atoms. The zero-order valence-corrected chi connectivity index (χ0v) is 23.3. The molecule has 0 unspecified atom stereocenters. The molecule has 0 radical (unpaired) electrons. The van der Waals surface area contributed by atoms with Gasteiger partial charge in [-0.1, -0.05) is 72.8 Å². The van der Waals surface area contributed by atoms with Crippen LogP contribution in [0.3, 0.4) is 0 Å². The Balaban J connectivity index is 1.34. The fourth-order valence-corrected chi connectivity index (χ4v) is 5.77. The van der Waals surface area contributed by atoms with Crippen molar-refractivity contribution >= 4 is 23.4 Å². The highest BCUT2D eigenvalue weighted by Crippen LogP contribution is 2.40. The molecule has 4 N–H and O–H groups in total. The van der Waals surface area contributed by atoms with Crippen LogP contribution in [-0.4, -0.2) is 22.9 Å². The Bertz CT molecular complexity index is 1410. The van der Waals surface area contributed by atoms with Crippen molar-refractivity contribution < 1.29 is 19.4 Å². The zero-order chi connectivity index (χ0) is 27.9. The summed E-state index contributed by atoms with van der Waals surface area (Å²) in [4.78, 5) is 12.4. The van der Waals surface area contributed by atoms with Crippen LogP contribution in [0.1, 0.15) is 48.0 Å². The Labute approximate surface area is 239 Å². The van der Waals surface area contributed by atoms with Crippen molar-refractivity contribution in [3.8, 4) is 11.1 Å². The van der Waals surface area contributed by atoms with E-state index in [1.807, 2.05) is 60.7 Å². The molecule has 1 saturated heterocycles. The molecule has 0 aliphatic carbocycles. The number of hydrogen-bond acceptors (Lipinski definition) is 6. The molecule has 0 bridgehead atoms. The Hall–Kier alpha value is -3.46. The van der Waals surface area contributed by atoms with Crippen LogP contribution in [0.2, 0.25) is 0 Å². The molecule has 4 aromatic rings. The van der Waals surface area contributed by atoms with Crippen molar-refractivity contribution in [1.29, 1.82) is 0 Å². The summed E-state index contributed by atoms with van der Waals surface area (Å²) < 4.78 is 13.0. The van der Waals surface area contributed by atoms with Gasteiger partial charge >= 0.3 is 0 Å².